The van der Waals surface area contributed by atoms with E-state index < -0.39 is 35.7 Å². The van der Waals surface area contributed by atoms with Gasteiger partial charge < -0.3 is 20.3 Å². The third-order valence-electron chi connectivity index (χ3n) is 3.25. The Kier molecular flexibility index (Phi) is 8.77. The summed E-state index contributed by atoms with van der Waals surface area (Å²) in [5.74, 6) is -1.34. The van der Waals surface area contributed by atoms with Crippen molar-refractivity contribution in [1.82, 2.24) is 20.0 Å². The highest BCUT2D eigenvalue weighted by molar-refractivity contribution is 6.10. The normalized spacial score (nSPS) is 11.6. The molecular weight excluding hydrogens is 386 g/mol. The molecule has 3 N–H and O–H groups in total. The molecule has 0 saturated heterocycles. The number of hydrogen-bond acceptors (Lipinski definition) is 6. The molecule has 0 fully saturated rings. The zero-order valence-electron chi connectivity index (χ0n) is 16.5. The highest BCUT2D eigenvalue weighted by atomic mass is 16.6. The predicted octanol–water partition coefficient (Wildman–Crippen LogP) is 2.36. The van der Waals surface area contributed by atoms with Crippen molar-refractivity contribution >= 4 is 30.1 Å². The standard InChI is InChI=1S/C17H25N5O7/c1-17(2,3)29-14(24)18-9-6-4-5-8-12(23)20-13(21-11-7-10-19-21)22(15(25)26)16(27)28/h7,10-11H,4-6,8-9H2,1-3H3,(H,18,24)(H,25,26)(H,27,28). The van der Waals surface area contributed by atoms with Crippen molar-refractivity contribution in [2.24, 2.45) is 4.99 Å². The zero-order valence-corrected chi connectivity index (χ0v) is 16.5. The van der Waals surface area contributed by atoms with Gasteiger partial charge in [0.2, 0.25) is 11.9 Å². The fourth-order valence-electron chi connectivity index (χ4n) is 2.09. The second-order valence-electron chi connectivity index (χ2n) is 6.90. The van der Waals surface area contributed by atoms with Crippen LogP contribution in [0.2, 0.25) is 0 Å². The number of aliphatic imine (C=N–C) groups is 1. The second-order valence-corrected chi connectivity index (χ2v) is 6.90. The molecule has 0 saturated carbocycles. The van der Waals surface area contributed by atoms with Gasteiger partial charge in [0.15, 0.2) is 0 Å². The number of carboxylic acid groups (broad SMARTS) is 2. The first-order valence-electron chi connectivity index (χ1n) is 8.85. The Balaban J connectivity index is 2.55. The molecular formula is C17H25N5O7. The number of carbonyl (C=O) groups is 4. The van der Waals surface area contributed by atoms with Gasteiger partial charge >= 0.3 is 18.3 Å². The second kappa shape index (κ2) is 10.8. The lowest BCUT2D eigenvalue weighted by molar-refractivity contribution is -0.117. The Hall–Kier alpha value is -3.44. The molecule has 160 valence electrons. The molecule has 1 aromatic rings. The van der Waals surface area contributed by atoms with Crippen molar-refractivity contribution in [3.8, 4) is 0 Å². The molecule has 0 unspecified atom stereocenters. The van der Waals surface area contributed by atoms with Gasteiger partial charge in [0, 0.05) is 25.4 Å². The van der Waals surface area contributed by atoms with Gasteiger partial charge in [-0.1, -0.05) is 6.42 Å². The van der Waals surface area contributed by atoms with Gasteiger partial charge in [0.05, 0.1) is 0 Å². The van der Waals surface area contributed by atoms with E-state index >= 15 is 0 Å². The molecule has 0 radical (unpaired) electrons. The van der Waals surface area contributed by atoms with E-state index in [1.165, 1.54) is 18.5 Å². The van der Waals surface area contributed by atoms with Gasteiger partial charge in [0.1, 0.15) is 5.60 Å². The van der Waals surface area contributed by atoms with Crippen LogP contribution in [-0.4, -0.2) is 67.2 Å². The summed E-state index contributed by atoms with van der Waals surface area (Å²) in [6.07, 6.45) is 0.00105. The van der Waals surface area contributed by atoms with E-state index in [0.29, 0.717) is 25.8 Å². The van der Waals surface area contributed by atoms with Crippen molar-refractivity contribution in [3.63, 3.8) is 0 Å². The molecule has 4 amide bonds. The van der Waals surface area contributed by atoms with Crippen LogP contribution in [0.25, 0.3) is 0 Å². The summed E-state index contributed by atoms with van der Waals surface area (Å²) < 4.78 is 5.97. The highest BCUT2D eigenvalue weighted by Gasteiger charge is 2.28. The fraction of sp³-hybridized carbons (Fsp3) is 0.529. The number of rotatable bonds is 6. The Morgan fingerprint density at radius 3 is 2.31 bits per heavy atom. The molecule has 0 bridgehead atoms. The van der Waals surface area contributed by atoms with E-state index in [0.717, 1.165) is 4.68 Å². The Bertz CT molecular complexity index is 739. The number of amides is 4. The molecule has 12 heteroatoms. The van der Waals surface area contributed by atoms with Gasteiger partial charge in [-0.05, 0) is 39.7 Å². The van der Waals surface area contributed by atoms with Crippen LogP contribution < -0.4 is 5.32 Å². The molecule has 0 aliphatic rings. The Morgan fingerprint density at radius 2 is 1.79 bits per heavy atom. The molecule has 0 atom stereocenters. The van der Waals surface area contributed by atoms with Crippen LogP contribution in [0.5, 0.6) is 0 Å². The summed E-state index contributed by atoms with van der Waals surface area (Å²) in [7, 11) is 0. The monoisotopic (exact) mass is 411 g/mol. The minimum absolute atomic E-state index is 0.0235. The lowest BCUT2D eigenvalue weighted by Gasteiger charge is -2.19. The summed E-state index contributed by atoms with van der Waals surface area (Å²) in [4.78, 5) is 49.5. The minimum Gasteiger partial charge on any atom is -0.464 e. The number of imide groups is 1. The molecule has 12 nitrogen and oxygen atoms in total. The van der Waals surface area contributed by atoms with Gasteiger partial charge in [-0.2, -0.15) is 10.1 Å². The lowest BCUT2D eigenvalue weighted by Crippen LogP contribution is -2.44. The number of carbonyl (C=O) groups excluding carboxylic acids is 2. The quantitative estimate of drug-likeness (QED) is 0.365. The Labute approximate surface area is 167 Å². The van der Waals surface area contributed by atoms with E-state index in [-0.39, 0.29) is 11.3 Å². The van der Waals surface area contributed by atoms with Crippen molar-refractivity contribution in [3.05, 3.63) is 18.5 Å². The fourth-order valence-corrected chi connectivity index (χ4v) is 2.09. The minimum atomic E-state index is -1.81. The molecule has 0 aromatic carbocycles. The first-order valence-corrected chi connectivity index (χ1v) is 8.85. The van der Waals surface area contributed by atoms with E-state index in [2.05, 4.69) is 15.4 Å². The van der Waals surface area contributed by atoms with Crippen LogP contribution in [0.15, 0.2) is 23.5 Å². The molecule has 0 spiro atoms. The molecule has 1 heterocycles. The van der Waals surface area contributed by atoms with Gasteiger partial charge in [-0.15, -0.1) is 4.90 Å². The van der Waals surface area contributed by atoms with Crippen LogP contribution in [0.3, 0.4) is 0 Å². The average molecular weight is 411 g/mol. The number of nitrogens with zero attached hydrogens (tertiary/aromatic N) is 4. The summed E-state index contributed by atoms with van der Waals surface area (Å²) in [5.41, 5.74) is -0.583. The van der Waals surface area contributed by atoms with Gasteiger partial charge in [-0.25, -0.2) is 19.1 Å². The zero-order chi connectivity index (χ0) is 22.0. The topological polar surface area (TPSA) is 163 Å². The Morgan fingerprint density at radius 1 is 1.14 bits per heavy atom. The predicted molar refractivity (Wildman–Crippen MR) is 101 cm³/mol. The number of hydrogen-bond donors (Lipinski definition) is 3. The number of unbranched alkanes of at least 4 members (excludes halogenated alkanes) is 2. The van der Waals surface area contributed by atoms with Crippen molar-refractivity contribution in [1.29, 1.82) is 0 Å². The van der Waals surface area contributed by atoms with Crippen LogP contribution in [0.1, 0.15) is 46.5 Å². The molecule has 1 rings (SSSR count). The maximum Gasteiger partial charge on any atom is 0.424 e. The van der Waals surface area contributed by atoms with Gasteiger partial charge in [-0.3, -0.25) is 4.79 Å². The average Bonchev–Trinajstić information content (AvgIpc) is 3.09. The molecule has 1 aromatic heterocycles. The highest BCUT2D eigenvalue weighted by Crippen LogP contribution is 2.07. The first-order chi connectivity index (χ1) is 13.5. The van der Waals surface area contributed by atoms with E-state index in [4.69, 9.17) is 14.9 Å². The summed E-state index contributed by atoms with van der Waals surface area (Å²) in [6, 6.07) is 1.43. The number of nitrogens with one attached hydrogen (secondary N) is 1. The van der Waals surface area contributed by atoms with E-state index in [9.17, 15) is 19.2 Å². The third kappa shape index (κ3) is 8.86. The van der Waals surface area contributed by atoms with Crippen LogP contribution >= 0.6 is 0 Å². The summed E-state index contributed by atoms with van der Waals surface area (Å²) >= 11 is 0. The van der Waals surface area contributed by atoms with Crippen molar-refractivity contribution in [2.75, 3.05) is 6.54 Å². The SMILES string of the molecule is CC(C)(C)OC(=O)NCCCCCC(=O)N=C(N(C(=O)O)C(=O)O)n1cccn1. The van der Waals surface area contributed by atoms with Crippen LogP contribution in [0.4, 0.5) is 14.4 Å². The van der Waals surface area contributed by atoms with E-state index in [1.807, 2.05) is 0 Å². The smallest absolute Gasteiger partial charge is 0.424 e. The van der Waals surface area contributed by atoms with Crippen LogP contribution in [-0.2, 0) is 9.53 Å². The number of ether oxygens (including phenoxy) is 1. The maximum absolute atomic E-state index is 12.1. The van der Waals surface area contributed by atoms with E-state index in [1.54, 1.807) is 20.8 Å². The van der Waals surface area contributed by atoms with Gasteiger partial charge in [0.25, 0.3) is 0 Å². The number of alkyl carbamates (subject to hydrolysis) is 1. The molecule has 29 heavy (non-hydrogen) atoms. The number of aromatic nitrogens is 2. The molecule has 0 aliphatic heterocycles. The molecule has 0 aliphatic carbocycles. The maximum atomic E-state index is 12.1. The summed E-state index contributed by atoms with van der Waals surface area (Å²) in [6.45, 7) is 5.64. The third-order valence-corrected chi connectivity index (χ3v) is 3.25. The largest absolute Gasteiger partial charge is 0.464 e. The van der Waals surface area contributed by atoms with Crippen LogP contribution in [0, 0.1) is 0 Å². The summed E-state index contributed by atoms with van der Waals surface area (Å²) in [5, 5.41) is 24.5. The van der Waals surface area contributed by atoms with Crippen molar-refractivity contribution in [2.45, 2.75) is 52.1 Å². The lowest BCUT2D eigenvalue weighted by atomic mass is 10.2. The first kappa shape index (κ1) is 23.6. The van der Waals surface area contributed by atoms with Crippen molar-refractivity contribution < 1.29 is 34.1 Å².